The van der Waals surface area contributed by atoms with E-state index in [0.29, 0.717) is 12.8 Å². The molecule has 0 bridgehead atoms. The fraction of sp³-hybridized carbons (Fsp3) is 0.600. The van der Waals surface area contributed by atoms with E-state index in [-0.39, 0.29) is 18.4 Å². The van der Waals surface area contributed by atoms with Gasteiger partial charge in [0.25, 0.3) is 0 Å². The number of hydrogen-bond donors (Lipinski definition) is 3. The Morgan fingerprint density at radius 3 is 2.23 bits per heavy atom. The molecule has 0 spiro atoms. The van der Waals surface area contributed by atoms with E-state index in [2.05, 4.69) is 10.6 Å². The highest BCUT2D eigenvalue weighted by Gasteiger charge is 2.26. The van der Waals surface area contributed by atoms with Gasteiger partial charge in [0.2, 0.25) is 5.91 Å². The quantitative estimate of drug-likeness (QED) is 0.662. The SMILES string of the molecule is CC(C)CC(NC(=O)OC(C)(C)C)C(=O)NC(CO)Cc1ccccc1. The van der Waals surface area contributed by atoms with Crippen molar-refractivity contribution in [2.45, 2.75) is 65.1 Å². The minimum absolute atomic E-state index is 0.179. The number of ether oxygens (including phenoxy) is 1. The maximum absolute atomic E-state index is 12.6. The second-order valence-corrected chi connectivity index (χ2v) is 7.91. The lowest BCUT2D eigenvalue weighted by Crippen LogP contribution is -2.52. The van der Waals surface area contributed by atoms with Crippen molar-refractivity contribution >= 4 is 12.0 Å². The molecule has 0 saturated carbocycles. The van der Waals surface area contributed by atoms with Crippen molar-refractivity contribution in [1.82, 2.24) is 10.6 Å². The summed E-state index contributed by atoms with van der Waals surface area (Å²) in [5.74, 6) is -0.109. The van der Waals surface area contributed by atoms with E-state index < -0.39 is 23.8 Å². The van der Waals surface area contributed by atoms with Crippen LogP contribution in [0.25, 0.3) is 0 Å². The summed E-state index contributed by atoms with van der Waals surface area (Å²) < 4.78 is 5.25. The zero-order valence-corrected chi connectivity index (χ0v) is 16.4. The van der Waals surface area contributed by atoms with Crippen LogP contribution in [0.1, 0.15) is 46.6 Å². The molecule has 26 heavy (non-hydrogen) atoms. The van der Waals surface area contributed by atoms with Crippen LogP contribution in [0.3, 0.4) is 0 Å². The van der Waals surface area contributed by atoms with Gasteiger partial charge in [-0.25, -0.2) is 4.79 Å². The van der Waals surface area contributed by atoms with Crippen molar-refractivity contribution in [3.63, 3.8) is 0 Å². The van der Waals surface area contributed by atoms with E-state index in [1.807, 2.05) is 44.2 Å². The first-order chi connectivity index (χ1) is 12.1. The van der Waals surface area contributed by atoms with Gasteiger partial charge in [-0.3, -0.25) is 4.79 Å². The van der Waals surface area contributed by atoms with Crippen LogP contribution in [-0.4, -0.2) is 41.4 Å². The number of nitrogens with one attached hydrogen (secondary N) is 2. The maximum Gasteiger partial charge on any atom is 0.408 e. The van der Waals surface area contributed by atoms with Gasteiger partial charge >= 0.3 is 6.09 Å². The van der Waals surface area contributed by atoms with E-state index in [4.69, 9.17) is 4.74 Å². The maximum atomic E-state index is 12.6. The number of benzene rings is 1. The summed E-state index contributed by atoms with van der Waals surface area (Å²) >= 11 is 0. The highest BCUT2D eigenvalue weighted by Crippen LogP contribution is 2.10. The molecule has 2 atom stereocenters. The van der Waals surface area contributed by atoms with Gasteiger partial charge in [-0.2, -0.15) is 0 Å². The molecule has 1 aromatic rings. The third-order valence-corrected chi connectivity index (χ3v) is 3.61. The van der Waals surface area contributed by atoms with E-state index in [0.717, 1.165) is 5.56 Å². The van der Waals surface area contributed by atoms with Crippen molar-refractivity contribution in [3.05, 3.63) is 35.9 Å². The summed E-state index contributed by atoms with van der Waals surface area (Å²) in [6.45, 7) is 9.08. The molecule has 0 heterocycles. The molecule has 0 fully saturated rings. The second kappa shape index (κ2) is 10.2. The van der Waals surface area contributed by atoms with Crippen molar-refractivity contribution in [2.75, 3.05) is 6.61 Å². The normalized spacial score (nSPS) is 13.8. The monoisotopic (exact) mass is 364 g/mol. The molecule has 0 radical (unpaired) electrons. The highest BCUT2D eigenvalue weighted by atomic mass is 16.6. The largest absolute Gasteiger partial charge is 0.444 e. The van der Waals surface area contributed by atoms with Gasteiger partial charge in [0.1, 0.15) is 11.6 Å². The number of aliphatic hydroxyl groups excluding tert-OH is 1. The Morgan fingerprint density at radius 2 is 1.73 bits per heavy atom. The highest BCUT2D eigenvalue weighted by molar-refractivity contribution is 5.85. The molecule has 6 nitrogen and oxygen atoms in total. The zero-order valence-electron chi connectivity index (χ0n) is 16.4. The molecule has 0 aromatic heterocycles. The molecule has 0 saturated heterocycles. The van der Waals surface area contributed by atoms with Crippen LogP contribution in [0.5, 0.6) is 0 Å². The molecule has 1 rings (SSSR count). The number of carbonyl (C=O) groups is 2. The molecular weight excluding hydrogens is 332 g/mol. The molecule has 1 aromatic carbocycles. The Morgan fingerprint density at radius 1 is 1.12 bits per heavy atom. The lowest BCUT2D eigenvalue weighted by molar-refractivity contribution is -0.124. The average molecular weight is 364 g/mol. The topological polar surface area (TPSA) is 87.7 Å². The van der Waals surface area contributed by atoms with E-state index in [1.54, 1.807) is 20.8 Å². The minimum atomic E-state index is -0.713. The molecule has 0 aliphatic heterocycles. The minimum Gasteiger partial charge on any atom is -0.444 e. The summed E-state index contributed by atoms with van der Waals surface area (Å²) in [6.07, 6.45) is 0.375. The first-order valence-electron chi connectivity index (χ1n) is 9.05. The fourth-order valence-electron chi connectivity index (χ4n) is 2.51. The summed E-state index contributed by atoms with van der Waals surface area (Å²) in [7, 11) is 0. The zero-order chi connectivity index (χ0) is 19.7. The van der Waals surface area contributed by atoms with Gasteiger partial charge < -0.3 is 20.5 Å². The third-order valence-electron chi connectivity index (χ3n) is 3.61. The van der Waals surface area contributed by atoms with Crippen molar-refractivity contribution < 1.29 is 19.4 Å². The summed E-state index contributed by atoms with van der Waals surface area (Å²) in [4.78, 5) is 24.7. The predicted molar refractivity (Wildman–Crippen MR) is 102 cm³/mol. The number of hydrogen-bond acceptors (Lipinski definition) is 4. The van der Waals surface area contributed by atoms with Crippen LogP contribution < -0.4 is 10.6 Å². The Hall–Kier alpha value is -2.08. The number of alkyl carbamates (subject to hydrolysis) is 1. The van der Waals surface area contributed by atoms with Crippen LogP contribution in [0, 0.1) is 5.92 Å². The van der Waals surface area contributed by atoms with Gasteiger partial charge in [0.05, 0.1) is 12.6 Å². The Balaban J connectivity index is 2.72. The van der Waals surface area contributed by atoms with Gasteiger partial charge in [-0.05, 0) is 45.1 Å². The first kappa shape index (κ1) is 22.0. The predicted octanol–water partition coefficient (Wildman–Crippen LogP) is 2.65. The van der Waals surface area contributed by atoms with Crippen molar-refractivity contribution in [3.8, 4) is 0 Å². The molecular formula is C20H32N2O4. The Labute approximate surface area is 156 Å². The van der Waals surface area contributed by atoms with Gasteiger partial charge in [-0.15, -0.1) is 0 Å². The number of rotatable bonds is 8. The van der Waals surface area contributed by atoms with E-state index in [1.165, 1.54) is 0 Å². The fourth-order valence-corrected chi connectivity index (χ4v) is 2.51. The van der Waals surface area contributed by atoms with Crippen LogP contribution in [-0.2, 0) is 16.0 Å². The van der Waals surface area contributed by atoms with E-state index >= 15 is 0 Å². The molecule has 3 N–H and O–H groups in total. The molecule has 0 aliphatic carbocycles. The van der Waals surface area contributed by atoms with E-state index in [9.17, 15) is 14.7 Å². The lowest BCUT2D eigenvalue weighted by atomic mass is 10.0. The summed E-state index contributed by atoms with van der Waals surface area (Å²) in [5.41, 5.74) is 0.386. The Kier molecular flexibility index (Phi) is 8.58. The van der Waals surface area contributed by atoms with Gasteiger partial charge in [-0.1, -0.05) is 44.2 Å². The molecule has 2 unspecified atom stereocenters. The van der Waals surface area contributed by atoms with Crippen LogP contribution >= 0.6 is 0 Å². The number of aliphatic hydroxyl groups is 1. The third kappa shape index (κ3) is 8.85. The average Bonchev–Trinajstić information content (AvgIpc) is 2.52. The number of amides is 2. The molecule has 0 aliphatic rings. The Bertz CT molecular complexity index is 567. The molecule has 6 heteroatoms. The molecule has 146 valence electrons. The smallest absolute Gasteiger partial charge is 0.408 e. The van der Waals surface area contributed by atoms with Crippen molar-refractivity contribution in [2.24, 2.45) is 5.92 Å². The van der Waals surface area contributed by atoms with Gasteiger partial charge in [0, 0.05) is 0 Å². The number of carbonyl (C=O) groups excluding carboxylic acids is 2. The van der Waals surface area contributed by atoms with Crippen LogP contribution in [0.4, 0.5) is 4.79 Å². The van der Waals surface area contributed by atoms with Crippen LogP contribution in [0.2, 0.25) is 0 Å². The standard InChI is InChI=1S/C20H32N2O4/c1-14(2)11-17(22-19(25)26-20(3,4)5)18(24)21-16(13-23)12-15-9-7-6-8-10-15/h6-10,14,16-17,23H,11-13H2,1-5H3,(H,21,24)(H,22,25). The van der Waals surface area contributed by atoms with Gasteiger partial charge in [0.15, 0.2) is 0 Å². The second-order valence-electron chi connectivity index (χ2n) is 7.91. The van der Waals surface area contributed by atoms with Crippen molar-refractivity contribution in [1.29, 1.82) is 0 Å². The van der Waals surface area contributed by atoms with Crippen LogP contribution in [0.15, 0.2) is 30.3 Å². The first-order valence-corrected chi connectivity index (χ1v) is 9.05. The lowest BCUT2D eigenvalue weighted by Gasteiger charge is -2.26. The summed E-state index contributed by atoms with van der Waals surface area (Å²) in [5, 5.41) is 15.1. The summed E-state index contributed by atoms with van der Waals surface area (Å²) in [6, 6.07) is 8.50. The molecule has 2 amide bonds.